The Morgan fingerprint density at radius 1 is 0.672 bits per heavy atom. The quantitative estimate of drug-likeness (QED) is 0.0961. The van der Waals surface area contributed by atoms with Gasteiger partial charge in [-0.05, 0) is 49.6 Å². The number of nitrogens with zero attached hydrogens (tertiary/aromatic N) is 7. The van der Waals surface area contributed by atoms with Gasteiger partial charge in [0.1, 0.15) is 11.6 Å². The fraction of sp³-hybridized carbons (Fsp3) is 0.288. The van der Waals surface area contributed by atoms with Crippen LogP contribution in [0.5, 0.6) is 5.75 Å². The van der Waals surface area contributed by atoms with E-state index in [2.05, 4.69) is 97.9 Å². The molecule has 1 N–H and O–H groups in total. The van der Waals surface area contributed by atoms with Crippen LogP contribution in [0.15, 0.2) is 115 Å². The number of fused-ring (bicyclic) bond motifs is 6. The topological polar surface area (TPSA) is 83.7 Å². The molecule has 3 aliphatic heterocycles. The highest BCUT2D eigenvalue weighted by molar-refractivity contribution is 5.95. The molecule has 0 atom stereocenters. The monoisotopic (exact) mass is 876 g/mol. The second-order valence-corrected chi connectivity index (χ2v) is 16.8. The van der Waals surface area contributed by atoms with E-state index < -0.39 is 5.82 Å². The number of hydrogen-bond donors (Lipinski definition) is 1. The Morgan fingerprint density at radius 3 is 1.75 bits per heavy atom. The van der Waals surface area contributed by atoms with E-state index in [9.17, 15) is 4.79 Å². The average molecular weight is 878 g/mol. The maximum Gasteiger partial charge on any atom is 0.191 e. The first-order valence-corrected chi connectivity index (χ1v) is 22.3. The van der Waals surface area contributed by atoms with Gasteiger partial charge in [0.25, 0.3) is 0 Å². The van der Waals surface area contributed by atoms with Crippen LogP contribution in [0.4, 0.5) is 27.1 Å². The molecular weight excluding hydrogens is 823 g/mol. The molecule has 0 unspecified atom stereocenters. The summed E-state index contributed by atoms with van der Waals surface area (Å²) in [5.41, 5.74) is 11.1. The normalized spacial score (nSPS) is 14.7. The van der Waals surface area contributed by atoms with Gasteiger partial charge in [-0.1, -0.05) is 97.1 Å². The zero-order valence-corrected chi connectivity index (χ0v) is 37.3. The summed E-state index contributed by atoms with van der Waals surface area (Å²) in [5.74, 6) is 1.48. The molecule has 3 aliphatic rings. The van der Waals surface area contributed by atoms with Gasteiger partial charge in [0.2, 0.25) is 0 Å². The third-order valence-electron chi connectivity index (χ3n) is 12.8. The average Bonchev–Trinajstić information content (AvgIpc) is 3.66. The van der Waals surface area contributed by atoms with Crippen molar-refractivity contribution in [2.24, 2.45) is 0 Å². The lowest BCUT2D eigenvalue weighted by molar-refractivity contribution is 0.112. The number of carbonyl (C=O) groups excluding carboxylic acids is 1. The number of piperazine rings is 1. The van der Waals surface area contributed by atoms with E-state index in [0.29, 0.717) is 51.3 Å². The van der Waals surface area contributed by atoms with Crippen LogP contribution in [0.2, 0.25) is 0 Å². The first-order valence-electron chi connectivity index (χ1n) is 22.3. The van der Waals surface area contributed by atoms with E-state index >= 15 is 4.39 Å². The van der Waals surface area contributed by atoms with Gasteiger partial charge in [-0.15, -0.1) is 12.4 Å². The number of carbonyl (C=O) groups is 1. The molecule has 1 saturated heterocycles. The molecule has 2 aromatic heterocycles. The number of rotatable bonds is 12. The standard InChI is InChI=1S/C52H53FN8O2.ClH/c1-36-55-43-22-27-58(45-20-11-9-18-41(45)50(43)60(36)33-38-14-5-3-6-15-38)47-32-40(35-62)49(48(53)52(47)63-31-13-26-57-29-24-54-25-30-57)59-28-23-44-51(42-19-10-12-21-46(42)59)61(37(2)56-44)34-39-16-7-4-8-17-39;/h3-12,14-21,32,35,54H,13,22-31,33-34H2,1-2H3;1H. The zero-order chi connectivity index (χ0) is 42.9. The molecule has 7 aromatic rings. The van der Waals surface area contributed by atoms with Crippen molar-refractivity contribution in [2.45, 2.75) is 46.2 Å². The molecule has 0 radical (unpaired) electrons. The summed E-state index contributed by atoms with van der Waals surface area (Å²) in [6.45, 7) is 11.4. The Balaban J connectivity index is 0.00000518. The third-order valence-corrected chi connectivity index (χ3v) is 12.8. The van der Waals surface area contributed by atoms with E-state index in [-0.39, 0.29) is 29.4 Å². The fourth-order valence-electron chi connectivity index (χ4n) is 9.83. The van der Waals surface area contributed by atoms with Crippen LogP contribution in [-0.2, 0) is 25.9 Å². The largest absolute Gasteiger partial charge is 0.488 e. The van der Waals surface area contributed by atoms with Crippen molar-refractivity contribution in [2.75, 3.05) is 62.2 Å². The SMILES string of the molecule is Cc1nc2c(n1Cc1ccccc1)-c1ccccc1N(c1cc(C=O)c(N3CCc4nc(C)n(Cc5ccccc5)c4-c4ccccc43)c(F)c1OCCCN1CCNCC1)CC2.Cl. The number of para-hydroxylation sites is 2. The van der Waals surface area contributed by atoms with Crippen LogP contribution in [0.3, 0.4) is 0 Å². The summed E-state index contributed by atoms with van der Waals surface area (Å²) >= 11 is 0. The molecule has 0 aliphatic carbocycles. The smallest absolute Gasteiger partial charge is 0.191 e. The Kier molecular flexibility index (Phi) is 12.7. The molecule has 5 aromatic carbocycles. The molecule has 12 heteroatoms. The van der Waals surface area contributed by atoms with Crippen molar-refractivity contribution in [3.63, 3.8) is 0 Å². The maximum atomic E-state index is 18.2. The molecule has 0 bridgehead atoms. The molecule has 64 heavy (non-hydrogen) atoms. The van der Waals surface area contributed by atoms with Crippen LogP contribution < -0.4 is 19.9 Å². The van der Waals surface area contributed by atoms with Crippen molar-refractivity contribution in [3.05, 3.63) is 161 Å². The number of ether oxygens (including phenoxy) is 1. The van der Waals surface area contributed by atoms with Gasteiger partial charge < -0.3 is 33.9 Å². The lowest BCUT2D eigenvalue weighted by Gasteiger charge is -2.32. The molecule has 10 rings (SSSR count). The number of imidazole rings is 2. The predicted molar refractivity (Wildman–Crippen MR) is 256 cm³/mol. The summed E-state index contributed by atoms with van der Waals surface area (Å²) in [7, 11) is 0. The number of aromatic nitrogens is 4. The van der Waals surface area contributed by atoms with Crippen molar-refractivity contribution in [3.8, 4) is 28.3 Å². The van der Waals surface area contributed by atoms with Crippen molar-refractivity contribution in [1.29, 1.82) is 0 Å². The summed E-state index contributed by atoms with van der Waals surface area (Å²) < 4.78 is 29.5. The van der Waals surface area contributed by atoms with Gasteiger partial charge in [0.05, 0.1) is 52.1 Å². The zero-order valence-electron chi connectivity index (χ0n) is 36.5. The molecule has 5 heterocycles. The number of hydrogen-bond acceptors (Lipinski definition) is 8. The minimum Gasteiger partial charge on any atom is -0.488 e. The van der Waals surface area contributed by atoms with Crippen LogP contribution in [-0.4, -0.2) is 82.7 Å². The predicted octanol–water partition coefficient (Wildman–Crippen LogP) is 9.56. The van der Waals surface area contributed by atoms with Gasteiger partial charge in [-0.25, -0.2) is 14.4 Å². The molecule has 1 fully saturated rings. The molecular formula is C52H54ClFN8O2. The van der Waals surface area contributed by atoms with Crippen molar-refractivity contribution in [1.82, 2.24) is 29.3 Å². The van der Waals surface area contributed by atoms with E-state index in [1.54, 1.807) is 0 Å². The number of aldehydes is 1. The fourth-order valence-corrected chi connectivity index (χ4v) is 9.83. The van der Waals surface area contributed by atoms with E-state index in [0.717, 1.165) is 102 Å². The molecule has 328 valence electrons. The van der Waals surface area contributed by atoms with Crippen molar-refractivity contribution < 1.29 is 13.9 Å². The van der Waals surface area contributed by atoms with Crippen LogP contribution >= 0.6 is 12.4 Å². The van der Waals surface area contributed by atoms with E-state index in [1.807, 2.05) is 60.4 Å². The lowest BCUT2D eigenvalue weighted by Crippen LogP contribution is -2.44. The van der Waals surface area contributed by atoms with Gasteiger partial charge in [0, 0.05) is 88.4 Å². The Bertz CT molecular complexity index is 2770. The Labute approximate surface area is 380 Å². The molecule has 0 spiro atoms. The summed E-state index contributed by atoms with van der Waals surface area (Å²) in [4.78, 5) is 30.2. The second kappa shape index (κ2) is 18.8. The van der Waals surface area contributed by atoms with E-state index in [4.69, 9.17) is 14.7 Å². The molecule has 0 saturated carbocycles. The van der Waals surface area contributed by atoms with Crippen LogP contribution in [0.25, 0.3) is 22.5 Å². The lowest BCUT2D eigenvalue weighted by atomic mass is 10.0. The first kappa shape index (κ1) is 43.0. The number of benzene rings is 5. The van der Waals surface area contributed by atoms with E-state index in [1.165, 1.54) is 11.1 Å². The summed E-state index contributed by atoms with van der Waals surface area (Å²) in [6.07, 6.45) is 2.70. The molecule has 0 amide bonds. The van der Waals surface area contributed by atoms with Crippen molar-refractivity contribution >= 4 is 41.4 Å². The number of aryl methyl sites for hydroxylation is 2. The second-order valence-electron chi connectivity index (χ2n) is 16.8. The maximum absolute atomic E-state index is 18.2. The Morgan fingerprint density at radius 2 is 1.19 bits per heavy atom. The third kappa shape index (κ3) is 8.19. The highest BCUT2D eigenvalue weighted by Gasteiger charge is 2.34. The highest BCUT2D eigenvalue weighted by atomic mass is 35.5. The van der Waals surface area contributed by atoms with Gasteiger partial charge >= 0.3 is 0 Å². The number of nitrogens with one attached hydrogen (secondary N) is 1. The molecule has 10 nitrogen and oxygen atoms in total. The highest BCUT2D eigenvalue weighted by Crippen LogP contribution is 2.49. The van der Waals surface area contributed by atoms with Crippen LogP contribution in [0, 0.1) is 19.7 Å². The van der Waals surface area contributed by atoms with Gasteiger partial charge in [-0.3, -0.25) is 4.79 Å². The summed E-state index contributed by atoms with van der Waals surface area (Å²) in [6, 6.07) is 39.0. The Hall–Kier alpha value is -6.27. The minimum atomic E-state index is -0.545. The van der Waals surface area contributed by atoms with Gasteiger partial charge in [-0.2, -0.15) is 0 Å². The number of anilines is 4. The number of halogens is 2. The van der Waals surface area contributed by atoms with Crippen LogP contribution in [0.1, 0.15) is 50.9 Å². The van der Waals surface area contributed by atoms with Gasteiger partial charge in [0.15, 0.2) is 17.9 Å². The minimum absolute atomic E-state index is 0. The first-order chi connectivity index (χ1) is 31.0. The summed E-state index contributed by atoms with van der Waals surface area (Å²) in [5, 5.41) is 3.43.